The molecule has 34 heavy (non-hydrogen) atoms. The number of thioether (sulfide) groups is 1. The van der Waals surface area contributed by atoms with Crippen LogP contribution in [0.1, 0.15) is 11.1 Å². The topological polar surface area (TPSA) is 73.2 Å². The Bertz CT molecular complexity index is 1270. The van der Waals surface area contributed by atoms with Crippen molar-refractivity contribution in [3.05, 3.63) is 112 Å². The lowest BCUT2D eigenvalue weighted by Crippen LogP contribution is -2.32. The number of benzene rings is 3. The third kappa shape index (κ3) is 5.16. The van der Waals surface area contributed by atoms with E-state index in [1.54, 1.807) is 12.1 Å². The van der Waals surface area contributed by atoms with Gasteiger partial charge in [-0.3, -0.25) is 14.5 Å². The van der Waals surface area contributed by atoms with E-state index >= 15 is 0 Å². The Balaban J connectivity index is 1.66. The molecule has 1 saturated heterocycles. The molecule has 2 amide bonds. The maximum absolute atomic E-state index is 13.5. The number of rotatable bonds is 6. The summed E-state index contributed by atoms with van der Waals surface area (Å²) in [5, 5.41) is 12.1. The van der Waals surface area contributed by atoms with Crippen LogP contribution in [0.15, 0.2) is 89.5 Å². The number of nitrogens with one attached hydrogen (secondary N) is 1. The normalized spacial score (nSPS) is 16.8. The molecule has 1 heterocycles. The predicted molar refractivity (Wildman–Crippen MR) is 126 cm³/mol. The predicted octanol–water partition coefficient (Wildman–Crippen LogP) is 4.71. The Kier molecular flexibility index (Phi) is 7.04. The Hall–Kier alpha value is -3.96. The Labute approximate surface area is 199 Å². The lowest BCUT2D eigenvalue weighted by atomic mass is 10.1. The molecular formula is C26H19F2N3O2S. The first kappa shape index (κ1) is 23.2. The van der Waals surface area contributed by atoms with Gasteiger partial charge in [0.15, 0.2) is 0 Å². The molecule has 1 atom stereocenters. The first-order chi connectivity index (χ1) is 16.5. The summed E-state index contributed by atoms with van der Waals surface area (Å²) in [4.78, 5) is 27.6. The summed E-state index contributed by atoms with van der Waals surface area (Å²) in [6.07, 6.45) is 0.273. The Morgan fingerprint density at radius 1 is 0.941 bits per heavy atom. The standard InChI is InChI=1S/C26H19F2N3O2S/c27-19-8-6-17(7-9-19)14-23-25(33)31(21-12-10-20(28)11-13-21)26(34-23)22(15-29)24(32)30-16-18-4-2-1-3-5-18/h1-13,23H,14,16H2,(H,30,32)/b26-22-. The van der Waals surface area contributed by atoms with Crippen molar-refractivity contribution in [3.8, 4) is 6.07 Å². The van der Waals surface area contributed by atoms with Crippen LogP contribution < -0.4 is 10.2 Å². The molecule has 1 unspecified atom stereocenters. The van der Waals surface area contributed by atoms with Crippen LogP contribution in [0, 0.1) is 23.0 Å². The van der Waals surface area contributed by atoms with Crippen LogP contribution in [-0.2, 0) is 22.6 Å². The van der Waals surface area contributed by atoms with Gasteiger partial charge >= 0.3 is 0 Å². The zero-order valence-corrected chi connectivity index (χ0v) is 18.7. The van der Waals surface area contributed by atoms with E-state index < -0.39 is 17.0 Å². The highest BCUT2D eigenvalue weighted by Crippen LogP contribution is 2.42. The van der Waals surface area contributed by atoms with Gasteiger partial charge in [-0.05, 0) is 53.9 Å². The van der Waals surface area contributed by atoms with Gasteiger partial charge < -0.3 is 5.32 Å². The average molecular weight is 476 g/mol. The van der Waals surface area contributed by atoms with E-state index in [2.05, 4.69) is 5.32 Å². The van der Waals surface area contributed by atoms with E-state index in [9.17, 15) is 23.6 Å². The number of amides is 2. The minimum Gasteiger partial charge on any atom is -0.347 e. The second kappa shape index (κ2) is 10.3. The van der Waals surface area contributed by atoms with Gasteiger partial charge in [0.2, 0.25) is 5.91 Å². The fraction of sp³-hybridized carbons (Fsp3) is 0.115. The second-order valence-corrected chi connectivity index (χ2v) is 8.74. The number of halogens is 2. The van der Waals surface area contributed by atoms with E-state index in [-0.39, 0.29) is 35.3 Å². The fourth-order valence-electron chi connectivity index (χ4n) is 3.51. The number of carbonyl (C=O) groups is 2. The fourth-order valence-corrected chi connectivity index (χ4v) is 4.82. The first-order valence-electron chi connectivity index (χ1n) is 10.4. The minimum absolute atomic E-state index is 0.178. The highest BCUT2D eigenvalue weighted by Gasteiger charge is 2.40. The van der Waals surface area contributed by atoms with Crippen molar-refractivity contribution in [1.29, 1.82) is 5.26 Å². The SMILES string of the molecule is N#C/C(C(=O)NCc1ccccc1)=C1/SC(Cc2ccc(F)cc2)C(=O)N1c1ccc(F)cc1. The van der Waals surface area contributed by atoms with Crippen molar-refractivity contribution in [2.45, 2.75) is 18.2 Å². The van der Waals surface area contributed by atoms with Gasteiger partial charge in [-0.15, -0.1) is 0 Å². The van der Waals surface area contributed by atoms with E-state index in [0.717, 1.165) is 22.9 Å². The number of carbonyl (C=O) groups excluding carboxylic acids is 2. The highest BCUT2D eigenvalue weighted by molar-refractivity contribution is 8.05. The molecule has 0 spiro atoms. The summed E-state index contributed by atoms with van der Waals surface area (Å²) in [6, 6.07) is 22.2. The smallest absolute Gasteiger partial charge is 0.264 e. The van der Waals surface area contributed by atoms with E-state index in [1.165, 1.54) is 41.3 Å². The third-order valence-corrected chi connectivity index (χ3v) is 6.48. The van der Waals surface area contributed by atoms with Crippen molar-refractivity contribution in [3.63, 3.8) is 0 Å². The molecule has 1 aliphatic rings. The van der Waals surface area contributed by atoms with Crippen LogP contribution in [0.5, 0.6) is 0 Å². The summed E-state index contributed by atoms with van der Waals surface area (Å²) >= 11 is 1.09. The Morgan fingerprint density at radius 3 is 2.18 bits per heavy atom. The molecule has 0 bridgehead atoms. The van der Waals surface area contributed by atoms with Gasteiger partial charge in [-0.1, -0.05) is 54.2 Å². The van der Waals surface area contributed by atoms with Gasteiger partial charge in [0, 0.05) is 12.2 Å². The van der Waals surface area contributed by atoms with Crippen LogP contribution in [-0.4, -0.2) is 17.1 Å². The van der Waals surface area contributed by atoms with E-state index in [1.807, 2.05) is 36.4 Å². The van der Waals surface area contributed by atoms with Gasteiger partial charge in [0.25, 0.3) is 5.91 Å². The van der Waals surface area contributed by atoms with E-state index in [4.69, 9.17) is 0 Å². The average Bonchev–Trinajstić information content (AvgIpc) is 3.16. The van der Waals surface area contributed by atoms with Crippen molar-refractivity contribution in [1.82, 2.24) is 5.32 Å². The number of nitrogens with zero attached hydrogens (tertiary/aromatic N) is 2. The zero-order valence-electron chi connectivity index (χ0n) is 17.9. The minimum atomic E-state index is -0.643. The van der Waals surface area contributed by atoms with Crippen LogP contribution in [0.4, 0.5) is 14.5 Å². The molecule has 170 valence electrons. The summed E-state index contributed by atoms with van der Waals surface area (Å²) < 4.78 is 26.8. The van der Waals surface area contributed by atoms with Crippen molar-refractivity contribution < 1.29 is 18.4 Å². The second-order valence-electron chi connectivity index (χ2n) is 7.55. The molecule has 3 aromatic carbocycles. The van der Waals surface area contributed by atoms with Crippen molar-refractivity contribution >= 4 is 29.3 Å². The molecule has 1 fully saturated rings. The summed E-state index contributed by atoms with van der Waals surface area (Å²) in [5.41, 5.74) is 1.73. The molecule has 1 aliphatic heterocycles. The van der Waals surface area contributed by atoms with Gasteiger partial charge in [-0.2, -0.15) is 5.26 Å². The zero-order chi connectivity index (χ0) is 24.1. The van der Waals surface area contributed by atoms with Gasteiger partial charge in [0.1, 0.15) is 28.3 Å². The van der Waals surface area contributed by atoms with Crippen molar-refractivity contribution in [2.24, 2.45) is 0 Å². The third-order valence-electron chi connectivity index (χ3n) is 5.22. The quantitative estimate of drug-likeness (QED) is 0.414. The van der Waals surface area contributed by atoms with Crippen LogP contribution in [0.2, 0.25) is 0 Å². The van der Waals surface area contributed by atoms with Gasteiger partial charge in [0.05, 0.1) is 5.25 Å². The molecule has 0 aromatic heterocycles. The monoisotopic (exact) mass is 475 g/mol. The van der Waals surface area contributed by atoms with E-state index in [0.29, 0.717) is 5.69 Å². The van der Waals surface area contributed by atoms with Gasteiger partial charge in [-0.25, -0.2) is 8.78 Å². The lowest BCUT2D eigenvalue weighted by molar-refractivity contribution is -0.117. The Morgan fingerprint density at radius 2 is 1.56 bits per heavy atom. The lowest BCUT2D eigenvalue weighted by Gasteiger charge is -2.18. The number of nitriles is 1. The molecule has 0 saturated carbocycles. The summed E-state index contributed by atoms with van der Waals surface area (Å²) in [7, 11) is 0. The summed E-state index contributed by atoms with van der Waals surface area (Å²) in [6.45, 7) is 0.215. The molecule has 0 radical (unpaired) electrons. The molecule has 3 aromatic rings. The first-order valence-corrected chi connectivity index (χ1v) is 11.3. The molecular weight excluding hydrogens is 456 g/mol. The highest BCUT2D eigenvalue weighted by atomic mass is 32.2. The maximum Gasteiger partial charge on any atom is 0.264 e. The molecule has 8 heteroatoms. The molecule has 5 nitrogen and oxygen atoms in total. The molecule has 4 rings (SSSR count). The summed E-state index contributed by atoms with van der Waals surface area (Å²) in [5.74, 6) is -1.82. The maximum atomic E-state index is 13.5. The van der Waals surface area contributed by atoms with Crippen LogP contribution >= 0.6 is 11.8 Å². The molecule has 0 aliphatic carbocycles. The van der Waals surface area contributed by atoms with Crippen LogP contribution in [0.3, 0.4) is 0 Å². The molecule has 1 N–H and O–H groups in total. The number of anilines is 1. The number of hydrogen-bond donors (Lipinski definition) is 1. The van der Waals surface area contributed by atoms with Crippen LogP contribution in [0.25, 0.3) is 0 Å². The number of hydrogen-bond acceptors (Lipinski definition) is 4. The van der Waals surface area contributed by atoms with Crippen molar-refractivity contribution in [2.75, 3.05) is 4.90 Å². The largest absolute Gasteiger partial charge is 0.347 e.